The predicted molar refractivity (Wildman–Crippen MR) is 72.0 cm³/mol. The molecule has 8 nitrogen and oxygen atoms in total. The van der Waals surface area contributed by atoms with Gasteiger partial charge >= 0.3 is 0 Å². The van der Waals surface area contributed by atoms with Crippen LogP contribution in [0, 0.1) is 0 Å². The van der Waals surface area contributed by atoms with E-state index in [0.29, 0.717) is 30.4 Å². The summed E-state index contributed by atoms with van der Waals surface area (Å²) in [5.41, 5.74) is 1.63. The molecule has 20 heavy (non-hydrogen) atoms. The second-order valence-corrected chi connectivity index (χ2v) is 3.96. The fourth-order valence-corrected chi connectivity index (χ4v) is 1.79. The van der Waals surface area contributed by atoms with E-state index in [-0.39, 0.29) is 0 Å². The number of hydrogen-bond donors (Lipinski definition) is 2. The van der Waals surface area contributed by atoms with E-state index in [1.165, 1.54) is 0 Å². The molecular weight excluding hydrogens is 258 g/mol. The molecule has 0 radical (unpaired) electrons. The van der Waals surface area contributed by atoms with Crippen molar-refractivity contribution < 1.29 is 4.79 Å². The summed E-state index contributed by atoms with van der Waals surface area (Å²) in [5.74, 6) is 0.945. The van der Waals surface area contributed by atoms with Crippen LogP contribution in [0.2, 0.25) is 0 Å². The Hall–Kier alpha value is -3.03. The molecule has 0 aliphatic carbocycles. The van der Waals surface area contributed by atoms with Gasteiger partial charge in [-0.1, -0.05) is 0 Å². The van der Waals surface area contributed by atoms with Crippen LogP contribution in [-0.2, 0) is 11.3 Å². The van der Waals surface area contributed by atoms with Gasteiger partial charge in [-0.15, -0.1) is 10.2 Å². The van der Waals surface area contributed by atoms with E-state index in [2.05, 4.69) is 30.8 Å². The molecule has 2 N–H and O–H groups in total. The van der Waals surface area contributed by atoms with Gasteiger partial charge in [0.15, 0.2) is 5.82 Å². The highest BCUT2D eigenvalue weighted by Crippen LogP contribution is 2.15. The monoisotopic (exact) mass is 269 g/mol. The Morgan fingerprint density at radius 3 is 2.85 bits per heavy atom. The van der Waals surface area contributed by atoms with Gasteiger partial charge in [-0.05, 0) is 17.7 Å². The number of anilines is 2. The molecule has 3 rings (SSSR count). The summed E-state index contributed by atoms with van der Waals surface area (Å²) in [6.07, 6.45) is 7.31. The number of amides is 1. The molecule has 1 amide bonds. The van der Waals surface area contributed by atoms with Gasteiger partial charge in [-0.2, -0.15) is 0 Å². The molecule has 0 saturated carbocycles. The van der Waals surface area contributed by atoms with Gasteiger partial charge in [0.05, 0.1) is 0 Å². The molecule has 0 aromatic carbocycles. The molecule has 0 unspecified atom stereocenters. The van der Waals surface area contributed by atoms with E-state index in [1.54, 1.807) is 29.2 Å². The number of hydrogen-bond acceptors (Lipinski definition) is 6. The lowest BCUT2D eigenvalue weighted by Gasteiger charge is -2.06. The number of rotatable bonds is 5. The average molecular weight is 269 g/mol. The molecule has 0 fully saturated rings. The molecule has 3 heterocycles. The first-order valence-electron chi connectivity index (χ1n) is 5.91. The van der Waals surface area contributed by atoms with Crippen molar-refractivity contribution >= 4 is 23.8 Å². The Morgan fingerprint density at radius 1 is 1.20 bits per heavy atom. The van der Waals surface area contributed by atoms with Crippen LogP contribution in [0.25, 0.3) is 5.65 Å². The normalized spacial score (nSPS) is 10.4. The molecule has 3 aromatic heterocycles. The summed E-state index contributed by atoms with van der Waals surface area (Å²) in [4.78, 5) is 18.7. The molecule has 3 aromatic rings. The van der Waals surface area contributed by atoms with Gasteiger partial charge in [0, 0.05) is 31.3 Å². The number of aromatic nitrogens is 5. The molecule has 0 spiro atoms. The van der Waals surface area contributed by atoms with Gasteiger partial charge in [-0.3, -0.25) is 19.5 Å². The van der Waals surface area contributed by atoms with Crippen LogP contribution in [0.4, 0.5) is 11.8 Å². The second kappa shape index (κ2) is 5.31. The third-order valence-electron chi connectivity index (χ3n) is 2.72. The van der Waals surface area contributed by atoms with E-state index in [0.717, 1.165) is 5.56 Å². The highest BCUT2D eigenvalue weighted by atomic mass is 16.1. The lowest BCUT2D eigenvalue weighted by Crippen LogP contribution is -2.05. The number of carbonyl (C=O) groups is 1. The van der Waals surface area contributed by atoms with E-state index in [4.69, 9.17) is 0 Å². The van der Waals surface area contributed by atoms with Gasteiger partial charge in [0.25, 0.3) is 0 Å². The van der Waals surface area contributed by atoms with Crippen molar-refractivity contribution in [3.05, 3.63) is 42.5 Å². The molecule has 0 bridgehead atoms. The molecule has 0 aliphatic rings. The van der Waals surface area contributed by atoms with Crippen LogP contribution in [-0.4, -0.2) is 31.0 Å². The van der Waals surface area contributed by atoms with E-state index in [1.807, 2.05) is 12.1 Å². The number of fused-ring (bicyclic) bond motifs is 1. The zero-order valence-corrected chi connectivity index (χ0v) is 10.4. The molecular formula is C12H11N7O. The molecule has 0 atom stereocenters. The van der Waals surface area contributed by atoms with Crippen molar-refractivity contribution in [3.8, 4) is 0 Å². The zero-order valence-electron chi connectivity index (χ0n) is 10.4. The first-order chi connectivity index (χ1) is 9.88. The third kappa shape index (κ3) is 2.26. The Labute approximate surface area is 113 Å². The van der Waals surface area contributed by atoms with Crippen LogP contribution in [0.15, 0.2) is 36.9 Å². The average Bonchev–Trinajstić information content (AvgIpc) is 2.91. The number of pyridine rings is 1. The Balaban J connectivity index is 1.86. The minimum atomic E-state index is 0.351. The maximum Gasteiger partial charge on any atom is 0.235 e. The van der Waals surface area contributed by atoms with E-state index < -0.39 is 0 Å². The predicted octanol–water partition coefficient (Wildman–Crippen LogP) is 0.700. The van der Waals surface area contributed by atoms with Crippen LogP contribution in [0.3, 0.4) is 0 Å². The first-order valence-corrected chi connectivity index (χ1v) is 5.91. The minimum absolute atomic E-state index is 0.351. The Bertz CT molecular complexity index is 725. The smallest absolute Gasteiger partial charge is 0.235 e. The highest BCUT2D eigenvalue weighted by molar-refractivity contribution is 5.71. The van der Waals surface area contributed by atoms with Crippen molar-refractivity contribution in [1.29, 1.82) is 0 Å². The number of nitrogens with one attached hydrogen (secondary N) is 2. The minimum Gasteiger partial charge on any atom is -0.363 e. The van der Waals surface area contributed by atoms with Crippen LogP contribution >= 0.6 is 0 Å². The van der Waals surface area contributed by atoms with Crippen molar-refractivity contribution in [2.24, 2.45) is 0 Å². The first kappa shape index (κ1) is 12.0. The van der Waals surface area contributed by atoms with Gasteiger partial charge in [0.2, 0.25) is 18.0 Å². The van der Waals surface area contributed by atoms with Crippen molar-refractivity contribution in [3.63, 3.8) is 0 Å². The van der Waals surface area contributed by atoms with Gasteiger partial charge < -0.3 is 5.32 Å². The quantitative estimate of drug-likeness (QED) is 0.662. The number of nitrogens with zero attached hydrogens (tertiary/aromatic N) is 5. The van der Waals surface area contributed by atoms with Crippen LogP contribution in [0.1, 0.15) is 5.56 Å². The Morgan fingerprint density at radius 2 is 2.05 bits per heavy atom. The van der Waals surface area contributed by atoms with Crippen LogP contribution < -0.4 is 10.6 Å². The largest absolute Gasteiger partial charge is 0.363 e. The van der Waals surface area contributed by atoms with Crippen LogP contribution in [0.5, 0.6) is 0 Å². The second-order valence-electron chi connectivity index (χ2n) is 3.96. The van der Waals surface area contributed by atoms with Crippen molar-refractivity contribution in [2.45, 2.75) is 6.54 Å². The molecule has 8 heteroatoms. The fourth-order valence-electron chi connectivity index (χ4n) is 1.79. The van der Waals surface area contributed by atoms with Crippen molar-refractivity contribution in [2.75, 3.05) is 10.6 Å². The highest BCUT2D eigenvalue weighted by Gasteiger charge is 2.09. The molecule has 100 valence electrons. The summed E-state index contributed by atoms with van der Waals surface area (Å²) in [5, 5.41) is 13.5. The fraction of sp³-hybridized carbons (Fsp3) is 0.0833. The lowest BCUT2D eigenvalue weighted by molar-refractivity contribution is -0.105. The lowest BCUT2D eigenvalue weighted by atomic mass is 10.3. The number of carbonyl (C=O) groups excluding carboxylic acids is 1. The summed E-state index contributed by atoms with van der Waals surface area (Å²) in [6, 6.07) is 3.83. The summed E-state index contributed by atoms with van der Waals surface area (Å²) in [6.45, 7) is 0.596. The standard InChI is InChI=1S/C12H11N7O/c20-8-16-12-18-17-11-10(14-5-6-19(11)12)15-7-9-1-3-13-4-2-9/h1-6,8H,7H2,(H,14,15)(H,16,18,20). The SMILES string of the molecule is O=CNc1nnc2c(NCc3ccncc3)nccn12. The topological polar surface area (TPSA) is 97.1 Å². The Kier molecular flexibility index (Phi) is 3.19. The van der Waals surface area contributed by atoms with Crippen molar-refractivity contribution in [1.82, 2.24) is 24.6 Å². The summed E-state index contributed by atoms with van der Waals surface area (Å²) < 4.78 is 1.65. The van der Waals surface area contributed by atoms with E-state index in [9.17, 15) is 4.79 Å². The summed E-state index contributed by atoms with van der Waals surface area (Å²) >= 11 is 0. The molecule has 0 aliphatic heterocycles. The summed E-state index contributed by atoms with van der Waals surface area (Å²) in [7, 11) is 0. The maximum atomic E-state index is 10.5. The maximum absolute atomic E-state index is 10.5. The third-order valence-corrected chi connectivity index (χ3v) is 2.72. The van der Waals surface area contributed by atoms with Gasteiger partial charge in [0.1, 0.15) is 0 Å². The van der Waals surface area contributed by atoms with E-state index >= 15 is 0 Å². The zero-order chi connectivity index (χ0) is 13.8. The molecule has 0 saturated heterocycles. The van der Waals surface area contributed by atoms with Gasteiger partial charge in [-0.25, -0.2) is 4.98 Å².